The number of fused-ring (bicyclic) bond motifs is 2. The highest BCUT2D eigenvalue weighted by Gasteiger charge is 2.11. The van der Waals surface area contributed by atoms with E-state index in [4.69, 9.17) is 22.1 Å². The number of hydrogen-bond donors (Lipinski definition) is 0. The summed E-state index contributed by atoms with van der Waals surface area (Å²) in [6.45, 7) is 4.88. The third kappa shape index (κ3) is 7.83. The Morgan fingerprint density at radius 3 is 2.00 bits per heavy atom. The first kappa shape index (κ1) is 32.3. The van der Waals surface area contributed by atoms with Gasteiger partial charge >= 0.3 is 0 Å². The van der Waals surface area contributed by atoms with Crippen molar-refractivity contribution in [3.63, 3.8) is 0 Å². The van der Waals surface area contributed by atoms with Gasteiger partial charge in [-0.3, -0.25) is 15.0 Å². The van der Waals surface area contributed by atoms with Gasteiger partial charge < -0.3 is 0 Å². The van der Waals surface area contributed by atoms with Gasteiger partial charge in [0.2, 0.25) is 5.28 Å². The van der Waals surface area contributed by atoms with Gasteiger partial charge in [0.25, 0.3) is 5.95 Å². The van der Waals surface area contributed by atoms with Crippen molar-refractivity contribution < 1.29 is 0 Å². The zero-order valence-corrected chi connectivity index (χ0v) is 27.2. The molecule has 0 fully saturated rings. The number of aromatic nitrogens is 8. The molecule has 49 heavy (non-hydrogen) atoms. The van der Waals surface area contributed by atoms with E-state index in [9.17, 15) is 0 Å². The second kappa shape index (κ2) is 14.8. The van der Waals surface area contributed by atoms with Crippen LogP contribution in [-0.2, 0) is 6.54 Å². The van der Waals surface area contributed by atoms with Gasteiger partial charge in [-0.15, -0.1) is 0 Å². The zero-order chi connectivity index (χ0) is 34.2. The molecule has 1 aliphatic rings. The highest BCUT2D eigenvalue weighted by atomic mass is 35.5. The zero-order valence-electron chi connectivity index (χ0n) is 26.4. The monoisotopic (exact) mass is 659 g/mol. The minimum Gasteiger partial charge on any atom is -0.288 e. The molecule has 236 valence electrons. The first-order valence-corrected chi connectivity index (χ1v) is 15.3. The first-order chi connectivity index (χ1) is 23.9. The Bertz CT molecular complexity index is 2400. The normalized spacial score (nSPS) is 11.0. The highest BCUT2D eigenvalue weighted by molar-refractivity contribution is 6.28. The molecule has 12 heteroatoms. The van der Waals surface area contributed by atoms with Crippen LogP contribution in [-0.4, -0.2) is 45.9 Å². The van der Waals surface area contributed by atoms with Crippen LogP contribution in [0.3, 0.4) is 0 Å². The fourth-order valence-corrected chi connectivity index (χ4v) is 5.13. The fourth-order valence-electron chi connectivity index (χ4n) is 4.98. The molecule has 5 aromatic heterocycles. The first-order valence-electron chi connectivity index (χ1n) is 15.0. The Hall–Kier alpha value is -6.69. The van der Waals surface area contributed by atoms with Gasteiger partial charge in [0.05, 0.1) is 18.3 Å². The molecule has 0 N–H and O–H groups in total. The van der Waals surface area contributed by atoms with Gasteiger partial charge in [-0.2, -0.15) is 20.3 Å². The fraction of sp³-hybridized carbons (Fsp3) is 0.0811. The molecule has 0 saturated heterocycles. The van der Waals surface area contributed by atoms with Crippen LogP contribution in [0.25, 0.3) is 39.1 Å². The standard InChI is InChI=1S/C18H12N6.C14H12N2.C5H2ClN3/c1-12-6-15(10-20-9-12)13-2-3-14-11-22-24(17(14)7-13)18-21-5-4-16(8-19)23-18;1-10-4-13(8-15-6-10)11-2-3-12-7-16-9-14(12)5-11;6-5-8-2-1-4(3-7)9-5/h2-7,9-11H,1H3;2-8H,9H2,1H3;1-2H. The van der Waals surface area contributed by atoms with E-state index < -0.39 is 0 Å². The SMILES string of the molecule is Cc1cncc(-c2ccc3c(c2)CN=C3)c1.Cc1cncc(-c2ccc3cnn(-c4nccc(C#N)n4)c3c2)c1.N#Cc1ccnc(Cl)n1. The van der Waals surface area contributed by atoms with E-state index >= 15 is 0 Å². The van der Waals surface area contributed by atoms with E-state index in [1.807, 2.05) is 68.3 Å². The van der Waals surface area contributed by atoms with Crippen molar-refractivity contribution in [2.24, 2.45) is 4.99 Å². The summed E-state index contributed by atoms with van der Waals surface area (Å²) in [5.41, 5.74) is 10.8. The molecule has 0 aliphatic carbocycles. The van der Waals surface area contributed by atoms with Crippen molar-refractivity contribution in [3.8, 4) is 40.3 Å². The lowest BCUT2D eigenvalue weighted by Crippen LogP contribution is -2.03. The molecule has 0 saturated carbocycles. The van der Waals surface area contributed by atoms with Crippen molar-refractivity contribution in [1.29, 1.82) is 10.5 Å². The van der Waals surface area contributed by atoms with Gasteiger partial charge in [0.15, 0.2) is 0 Å². The predicted molar refractivity (Wildman–Crippen MR) is 187 cm³/mol. The second-order valence-corrected chi connectivity index (χ2v) is 11.2. The number of halogens is 1. The largest absolute Gasteiger partial charge is 0.288 e. The minimum absolute atomic E-state index is 0.106. The summed E-state index contributed by atoms with van der Waals surface area (Å²) < 4.78 is 1.64. The summed E-state index contributed by atoms with van der Waals surface area (Å²) in [5, 5.41) is 22.7. The lowest BCUT2D eigenvalue weighted by molar-refractivity contribution is 0.829. The Balaban J connectivity index is 0.000000143. The summed E-state index contributed by atoms with van der Waals surface area (Å²) in [7, 11) is 0. The van der Waals surface area contributed by atoms with Crippen molar-refractivity contribution >= 4 is 28.7 Å². The lowest BCUT2D eigenvalue weighted by atomic mass is 10.0. The quantitative estimate of drug-likeness (QED) is 0.181. The molecule has 0 atom stereocenters. The number of nitrogens with zero attached hydrogens (tertiary/aromatic N) is 11. The summed E-state index contributed by atoms with van der Waals surface area (Å²) in [5.74, 6) is 0.378. The molecule has 8 rings (SSSR count). The van der Waals surface area contributed by atoms with Crippen LogP contribution in [0, 0.1) is 36.5 Å². The average Bonchev–Trinajstić information content (AvgIpc) is 3.79. The third-order valence-electron chi connectivity index (χ3n) is 7.31. The van der Waals surface area contributed by atoms with E-state index in [-0.39, 0.29) is 11.0 Å². The average molecular weight is 660 g/mol. The number of rotatable bonds is 3. The molecule has 6 heterocycles. The topological polar surface area (TPSA) is 155 Å². The molecular formula is C37H26ClN11. The summed E-state index contributed by atoms with van der Waals surface area (Å²) in [6.07, 6.45) is 14.1. The second-order valence-electron chi connectivity index (χ2n) is 10.9. The van der Waals surface area contributed by atoms with Crippen LogP contribution in [0.15, 0.2) is 109 Å². The number of aliphatic imine (C=N–C) groups is 1. The molecule has 2 aromatic carbocycles. The highest BCUT2D eigenvalue weighted by Crippen LogP contribution is 2.26. The maximum absolute atomic E-state index is 9.01. The Morgan fingerprint density at radius 2 is 1.35 bits per heavy atom. The summed E-state index contributed by atoms with van der Waals surface area (Å²) in [6, 6.07) is 23.7. The van der Waals surface area contributed by atoms with E-state index in [1.54, 1.807) is 23.1 Å². The molecule has 11 nitrogen and oxygen atoms in total. The minimum atomic E-state index is 0.106. The third-order valence-corrected chi connectivity index (χ3v) is 7.49. The lowest BCUT2D eigenvalue weighted by Gasteiger charge is -2.05. The summed E-state index contributed by atoms with van der Waals surface area (Å²) in [4.78, 5) is 28.3. The molecule has 0 radical (unpaired) electrons. The van der Waals surface area contributed by atoms with Gasteiger partial charge in [-0.05, 0) is 95.2 Å². The molecular weight excluding hydrogens is 634 g/mol. The van der Waals surface area contributed by atoms with Crippen LogP contribution in [0.4, 0.5) is 0 Å². The van der Waals surface area contributed by atoms with Crippen LogP contribution < -0.4 is 0 Å². The van der Waals surface area contributed by atoms with Crippen LogP contribution >= 0.6 is 11.6 Å². The molecule has 0 unspecified atom stereocenters. The molecule has 0 bridgehead atoms. The molecule has 1 aliphatic heterocycles. The number of nitriles is 2. The van der Waals surface area contributed by atoms with Crippen molar-refractivity contribution in [3.05, 3.63) is 143 Å². The molecule has 0 spiro atoms. The van der Waals surface area contributed by atoms with Crippen LogP contribution in [0.2, 0.25) is 5.28 Å². The molecule has 0 amide bonds. The van der Waals surface area contributed by atoms with E-state index in [1.165, 1.54) is 40.1 Å². The van der Waals surface area contributed by atoms with E-state index in [2.05, 4.69) is 77.3 Å². The van der Waals surface area contributed by atoms with Crippen molar-refractivity contribution in [2.75, 3.05) is 0 Å². The van der Waals surface area contributed by atoms with E-state index in [0.717, 1.165) is 34.1 Å². The Morgan fingerprint density at radius 1 is 0.694 bits per heavy atom. The van der Waals surface area contributed by atoms with Gasteiger partial charge in [0, 0.05) is 59.9 Å². The van der Waals surface area contributed by atoms with Crippen molar-refractivity contribution in [1.82, 2.24) is 39.7 Å². The maximum Gasteiger partial charge on any atom is 0.252 e. The van der Waals surface area contributed by atoms with Gasteiger partial charge in [0.1, 0.15) is 23.5 Å². The van der Waals surface area contributed by atoms with Crippen LogP contribution in [0.1, 0.15) is 33.6 Å². The van der Waals surface area contributed by atoms with Crippen molar-refractivity contribution in [2.45, 2.75) is 20.4 Å². The predicted octanol–water partition coefficient (Wildman–Crippen LogP) is 7.05. The Kier molecular flexibility index (Phi) is 9.75. The number of benzene rings is 2. The smallest absolute Gasteiger partial charge is 0.252 e. The van der Waals surface area contributed by atoms with Gasteiger partial charge in [-0.1, -0.05) is 24.3 Å². The van der Waals surface area contributed by atoms with Gasteiger partial charge in [-0.25, -0.2) is 19.9 Å². The van der Waals surface area contributed by atoms with E-state index in [0.29, 0.717) is 11.6 Å². The Labute approximate surface area is 287 Å². The maximum atomic E-state index is 9.01. The number of hydrogen-bond acceptors (Lipinski definition) is 10. The molecule has 7 aromatic rings. The summed E-state index contributed by atoms with van der Waals surface area (Å²) >= 11 is 5.35. The van der Waals surface area contributed by atoms with Crippen LogP contribution in [0.5, 0.6) is 0 Å². The number of aryl methyl sites for hydroxylation is 2. The number of pyridine rings is 2.